The SMILES string of the molecule is C[C@H]1COCCN1c1nc(N2CCOC[C@@H]2C)c2ccc(-c3cccc(CS(=O)(=O)CCO)c3)nc2n1. The Balaban J connectivity index is 1.57. The molecule has 0 saturated carbocycles. The van der Waals surface area contributed by atoms with Gasteiger partial charge in [-0.15, -0.1) is 0 Å². The standard InChI is InChI=1S/C26H33N5O5S/c1-18-15-35-11-8-30(18)25-22-6-7-23(21-5-3-4-20(14-21)17-37(33,34)13-10-32)27-24(22)28-26(29-25)31-9-12-36-16-19(31)2/h3-7,14,18-19,32H,8-13,15-17H2,1-2H3/t18-,19-/m0/s1. The second-order valence-corrected chi connectivity index (χ2v) is 11.8. The van der Waals surface area contributed by atoms with E-state index in [1.165, 1.54) is 0 Å². The number of fused-ring (bicyclic) bond motifs is 1. The van der Waals surface area contributed by atoms with Crippen LogP contribution >= 0.6 is 0 Å². The molecule has 0 radical (unpaired) electrons. The molecule has 0 bridgehead atoms. The van der Waals surface area contributed by atoms with E-state index >= 15 is 0 Å². The smallest absolute Gasteiger partial charge is 0.229 e. The van der Waals surface area contributed by atoms with Gasteiger partial charge in [0.15, 0.2) is 15.5 Å². The molecule has 4 heterocycles. The van der Waals surface area contributed by atoms with Crippen LogP contribution in [0.5, 0.6) is 0 Å². The number of nitrogens with zero attached hydrogens (tertiary/aromatic N) is 5. The first-order valence-electron chi connectivity index (χ1n) is 12.6. The molecule has 1 aromatic carbocycles. The summed E-state index contributed by atoms with van der Waals surface area (Å²) in [6.45, 7) is 7.78. The molecule has 1 N–H and O–H groups in total. The van der Waals surface area contributed by atoms with Crippen LogP contribution in [0.1, 0.15) is 19.4 Å². The van der Waals surface area contributed by atoms with Crippen molar-refractivity contribution >= 4 is 32.6 Å². The molecule has 2 fully saturated rings. The molecular formula is C26H33N5O5S. The number of benzene rings is 1. The van der Waals surface area contributed by atoms with Gasteiger partial charge in [-0.1, -0.05) is 18.2 Å². The summed E-state index contributed by atoms with van der Waals surface area (Å²) in [5.41, 5.74) is 2.75. The predicted octanol–water partition coefficient (Wildman–Crippen LogP) is 2.05. The zero-order chi connectivity index (χ0) is 26.0. The number of pyridine rings is 1. The van der Waals surface area contributed by atoms with Gasteiger partial charge in [-0.25, -0.2) is 13.4 Å². The van der Waals surface area contributed by atoms with Gasteiger partial charge in [0.25, 0.3) is 0 Å². The molecule has 2 saturated heterocycles. The highest BCUT2D eigenvalue weighted by molar-refractivity contribution is 7.90. The van der Waals surface area contributed by atoms with Gasteiger partial charge in [0, 0.05) is 18.7 Å². The quantitative estimate of drug-likeness (QED) is 0.489. The van der Waals surface area contributed by atoms with Crippen molar-refractivity contribution in [3.63, 3.8) is 0 Å². The van der Waals surface area contributed by atoms with Crippen LogP contribution in [0, 0.1) is 0 Å². The number of hydrogen-bond acceptors (Lipinski definition) is 10. The first kappa shape index (κ1) is 25.8. The summed E-state index contributed by atoms with van der Waals surface area (Å²) in [4.78, 5) is 19.3. The van der Waals surface area contributed by atoms with Crippen LogP contribution in [-0.2, 0) is 25.1 Å². The fourth-order valence-corrected chi connectivity index (χ4v) is 5.95. The summed E-state index contributed by atoms with van der Waals surface area (Å²) < 4.78 is 35.8. The molecule has 2 aliphatic rings. The fraction of sp³-hybridized carbons (Fsp3) is 0.500. The number of anilines is 2. The van der Waals surface area contributed by atoms with E-state index in [1.54, 1.807) is 6.07 Å². The highest BCUT2D eigenvalue weighted by Crippen LogP contribution is 2.31. The molecule has 2 aliphatic heterocycles. The minimum atomic E-state index is -3.39. The molecule has 10 nitrogen and oxygen atoms in total. The topological polar surface area (TPSA) is 118 Å². The van der Waals surface area contributed by atoms with Crippen molar-refractivity contribution in [3.8, 4) is 11.3 Å². The van der Waals surface area contributed by atoms with Crippen molar-refractivity contribution in [2.45, 2.75) is 31.7 Å². The third-order valence-corrected chi connectivity index (χ3v) is 8.38. The van der Waals surface area contributed by atoms with Crippen molar-refractivity contribution in [2.24, 2.45) is 0 Å². The molecule has 2 aromatic heterocycles. The first-order chi connectivity index (χ1) is 17.8. The van der Waals surface area contributed by atoms with Crippen molar-refractivity contribution < 1.29 is 23.0 Å². The average molecular weight is 528 g/mol. The monoisotopic (exact) mass is 527 g/mol. The van der Waals surface area contributed by atoms with Gasteiger partial charge in [0.2, 0.25) is 5.95 Å². The number of ether oxygens (including phenoxy) is 2. The second kappa shape index (κ2) is 10.9. The van der Waals surface area contributed by atoms with E-state index in [-0.39, 0.29) is 30.2 Å². The van der Waals surface area contributed by atoms with Gasteiger partial charge < -0.3 is 24.4 Å². The minimum Gasteiger partial charge on any atom is -0.395 e. The lowest BCUT2D eigenvalue weighted by atomic mass is 10.1. The lowest BCUT2D eigenvalue weighted by Crippen LogP contribution is -2.46. The van der Waals surface area contributed by atoms with Gasteiger partial charge in [-0.3, -0.25) is 0 Å². The normalized spacial score (nSPS) is 20.9. The maximum atomic E-state index is 12.2. The lowest BCUT2D eigenvalue weighted by molar-refractivity contribution is 0.0973. The Labute approximate surface area is 217 Å². The molecule has 2 atom stereocenters. The van der Waals surface area contributed by atoms with E-state index < -0.39 is 9.84 Å². The molecule has 198 valence electrons. The van der Waals surface area contributed by atoms with Gasteiger partial charge >= 0.3 is 0 Å². The Morgan fingerprint density at radius 1 is 0.973 bits per heavy atom. The van der Waals surface area contributed by atoms with E-state index in [0.717, 1.165) is 23.3 Å². The summed E-state index contributed by atoms with van der Waals surface area (Å²) in [5, 5.41) is 9.92. The molecule has 37 heavy (non-hydrogen) atoms. The predicted molar refractivity (Wildman–Crippen MR) is 143 cm³/mol. The Morgan fingerprint density at radius 3 is 2.41 bits per heavy atom. The minimum absolute atomic E-state index is 0.130. The van der Waals surface area contributed by atoms with Gasteiger partial charge in [-0.05, 0) is 37.6 Å². The number of aromatic nitrogens is 3. The summed E-state index contributed by atoms with van der Waals surface area (Å²) in [7, 11) is -3.39. The van der Waals surface area contributed by atoms with E-state index in [9.17, 15) is 8.42 Å². The summed E-state index contributed by atoms with van der Waals surface area (Å²) in [6, 6.07) is 11.6. The fourth-order valence-electron chi connectivity index (χ4n) is 4.84. The van der Waals surface area contributed by atoms with E-state index in [0.29, 0.717) is 55.8 Å². The van der Waals surface area contributed by atoms with Crippen LogP contribution in [0.2, 0.25) is 0 Å². The number of aliphatic hydroxyl groups excluding tert-OH is 1. The van der Waals surface area contributed by atoms with Crippen molar-refractivity contribution in [2.75, 3.05) is 61.7 Å². The van der Waals surface area contributed by atoms with Gasteiger partial charge in [-0.2, -0.15) is 9.97 Å². The summed E-state index contributed by atoms with van der Waals surface area (Å²) >= 11 is 0. The molecule has 0 unspecified atom stereocenters. The molecule has 0 amide bonds. The zero-order valence-corrected chi connectivity index (χ0v) is 22.0. The third kappa shape index (κ3) is 5.69. The Bertz CT molecular complexity index is 1370. The second-order valence-electron chi connectivity index (χ2n) is 9.67. The maximum absolute atomic E-state index is 12.2. The molecule has 3 aromatic rings. The highest BCUT2D eigenvalue weighted by Gasteiger charge is 2.27. The molecule has 0 aliphatic carbocycles. The number of aliphatic hydroxyl groups is 1. The van der Waals surface area contributed by atoms with Crippen LogP contribution < -0.4 is 9.80 Å². The van der Waals surface area contributed by atoms with Crippen molar-refractivity contribution in [1.29, 1.82) is 0 Å². The molecule has 0 spiro atoms. The zero-order valence-electron chi connectivity index (χ0n) is 21.2. The number of morpholine rings is 2. The number of rotatable bonds is 7. The van der Waals surface area contributed by atoms with Crippen LogP contribution in [-0.4, -0.2) is 92.4 Å². The van der Waals surface area contributed by atoms with E-state index in [2.05, 4.69) is 23.6 Å². The maximum Gasteiger partial charge on any atom is 0.229 e. The van der Waals surface area contributed by atoms with E-state index in [4.69, 9.17) is 29.5 Å². The Hall–Kier alpha value is -2.86. The lowest BCUT2D eigenvalue weighted by Gasteiger charge is -2.37. The van der Waals surface area contributed by atoms with E-state index in [1.807, 2.05) is 30.3 Å². The number of sulfone groups is 1. The average Bonchev–Trinajstić information content (AvgIpc) is 2.88. The van der Waals surface area contributed by atoms with Gasteiger partial charge in [0.1, 0.15) is 5.82 Å². The van der Waals surface area contributed by atoms with Crippen LogP contribution in [0.4, 0.5) is 11.8 Å². The van der Waals surface area contributed by atoms with Crippen molar-refractivity contribution in [1.82, 2.24) is 15.0 Å². The van der Waals surface area contributed by atoms with Crippen LogP contribution in [0.25, 0.3) is 22.3 Å². The largest absolute Gasteiger partial charge is 0.395 e. The molecule has 5 rings (SSSR count). The van der Waals surface area contributed by atoms with Crippen LogP contribution in [0.15, 0.2) is 36.4 Å². The summed E-state index contributed by atoms with van der Waals surface area (Å²) in [6.07, 6.45) is 0. The summed E-state index contributed by atoms with van der Waals surface area (Å²) in [5.74, 6) is 1.09. The Morgan fingerprint density at radius 2 is 1.70 bits per heavy atom. The van der Waals surface area contributed by atoms with Gasteiger partial charge in [0.05, 0.1) is 67.7 Å². The Kier molecular flexibility index (Phi) is 7.57. The molecule has 11 heteroatoms. The molecular weight excluding hydrogens is 494 g/mol. The third-order valence-electron chi connectivity index (χ3n) is 6.80. The van der Waals surface area contributed by atoms with Crippen LogP contribution in [0.3, 0.4) is 0 Å². The highest BCUT2D eigenvalue weighted by atomic mass is 32.2. The number of hydrogen-bond donors (Lipinski definition) is 1. The van der Waals surface area contributed by atoms with Crippen molar-refractivity contribution in [3.05, 3.63) is 42.0 Å². The first-order valence-corrected chi connectivity index (χ1v) is 14.4.